The van der Waals surface area contributed by atoms with Crippen molar-refractivity contribution in [2.24, 2.45) is 0 Å². The molecule has 0 saturated carbocycles. The lowest BCUT2D eigenvalue weighted by atomic mass is 9.77. The van der Waals surface area contributed by atoms with Gasteiger partial charge in [-0.2, -0.15) is 0 Å². The van der Waals surface area contributed by atoms with Crippen LogP contribution in [0.25, 0.3) is 0 Å². The fourth-order valence-corrected chi connectivity index (χ4v) is 16.9. The molecule has 0 spiro atoms. The van der Waals surface area contributed by atoms with E-state index >= 15 is 5.11 Å². The largest absolute Gasteiger partial charge is 0.475 e. The Labute approximate surface area is 436 Å². The molecule has 6 aliphatic rings. The zero-order valence-corrected chi connectivity index (χ0v) is 46.1. The average molecular weight is 1100 g/mol. The van der Waals surface area contributed by atoms with Gasteiger partial charge in [0.15, 0.2) is 46.9 Å². The van der Waals surface area contributed by atoms with Crippen molar-refractivity contribution in [3.8, 4) is 34.5 Å². The minimum absolute atomic E-state index is 0.0119. The lowest BCUT2D eigenvalue weighted by Gasteiger charge is -2.37. The number of aliphatic hydroxyl groups excluding tert-OH is 6. The molecule has 16 nitrogen and oxygen atoms in total. The zero-order valence-electron chi connectivity index (χ0n) is 41.2. The van der Waals surface area contributed by atoms with Crippen molar-refractivity contribution in [1.29, 1.82) is 0 Å². The Hall–Kier alpha value is -2.71. The number of benzene rings is 3. The number of carbonyl (C=O) groups is 3. The summed E-state index contributed by atoms with van der Waals surface area (Å²) in [6.45, 7) is 19.7. The first-order valence-corrected chi connectivity index (χ1v) is 27.9. The van der Waals surface area contributed by atoms with Crippen molar-refractivity contribution in [2.45, 2.75) is 185 Å². The van der Waals surface area contributed by atoms with Crippen molar-refractivity contribution < 1.29 is 78.6 Å². The van der Waals surface area contributed by atoms with Crippen LogP contribution < -0.4 is 28.4 Å². The third-order valence-corrected chi connectivity index (χ3v) is 19.0. The van der Waals surface area contributed by atoms with Crippen LogP contribution in [0, 0.1) is 0 Å². The topological polar surface area (TPSA) is 248 Å². The highest BCUT2D eigenvalue weighted by molar-refractivity contribution is 8.02. The van der Waals surface area contributed by atoms with Crippen molar-refractivity contribution in [3.05, 3.63) is 33.4 Å². The number of hydrogen-bond donors (Lipinski definition) is 7. The van der Waals surface area contributed by atoms with Crippen molar-refractivity contribution in [1.82, 2.24) is 0 Å². The van der Waals surface area contributed by atoms with Crippen LogP contribution in [-0.4, -0.2) is 121 Å². The van der Waals surface area contributed by atoms with E-state index in [0.717, 1.165) is 0 Å². The molecule has 71 heavy (non-hydrogen) atoms. The maximum Gasteiger partial charge on any atom is 0.173 e. The minimum atomic E-state index is -2.48. The Balaban J connectivity index is 1.52. The van der Waals surface area contributed by atoms with Gasteiger partial charge in [0.2, 0.25) is 0 Å². The summed E-state index contributed by atoms with van der Waals surface area (Å²) in [4.78, 5) is 39.4. The summed E-state index contributed by atoms with van der Waals surface area (Å²) in [5.41, 5.74) is -1.78. The Morgan fingerprint density at radius 3 is 0.718 bits per heavy atom. The van der Waals surface area contributed by atoms with Gasteiger partial charge in [0, 0.05) is 36.0 Å². The van der Waals surface area contributed by atoms with Gasteiger partial charge in [0.25, 0.3) is 0 Å². The number of aliphatic hydroxyl groups is 7. The Bertz CT molecular complexity index is 2390. The molecule has 0 amide bonds. The third kappa shape index (κ3) is 9.13. The van der Waals surface area contributed by atoms with Crippen molar-refractivity contribution >= 4 is 87.9 Å². The first-order valence-electron chi connectivity index (χ1n) is 23.0. The molecule has 3 atom stereocenters. The minimum Gasteiger partial charge on any atom is -0.475 e. The SMILES string of the molecule is CC1(C)Oc2c(c(C(O)(c3c4c(c(C(=O)CC(O)CO)c5c3SC(C)(C)O5)OC(C)(C)S4)c3c4c(c(C(=O)CC(O)CO)c5c3SC(C)(C)O5)OC(C)(C)S4)c3c(c2C(=O)CC(O)CO)OC(C)(C)S3)S1. The van der Waals surface area contributed by atoms with Gasteiger partial charge < -0.3 is 64.2 Å². The smallest absolute Gasteiger partial charge is 0.173 e. The number of ketones is 3. The molecule has 3 unspecified atom stereocenters. The van der Waals surface area contributed by atoms with Gasteiger partial charge in [-0.3, -0.25) is 14.4 Å². The summed E-state index contributed by atoms with van der Waals surface area (Å²) in [5, 5.41) is 77.4. The summed E-state index contributed by atoms with van der Waals surface area (Å²) in [5.74, 6) is -1.33. The molecule has 386 valence electrons. The lowest BCUT2D eigenvalue weighted by molar-refractivity contribution is 0.0686. The summed E-state index contributed by atoms with van der Waals surface area (Å²) in [6, 6.07) is 0. The Morgan fingerprint density at radius 2 is 0.563 bits per heavy atom. The predicted octanol–water partition coefficient (Wildman–Crippen LogP) is 8.07. The normalized spacial score (nSPS) is 22.4. The highest BCUT2D eigenvalue weighted by Crippen LogP contribution is 2.72. The number of fused-ring (bicyclic) bond motifs is 6. The van der Waals surface area contributed by atoms with E-state index in [-0.39, 0.29) is 67.9 Å². The Kier molecular flexibility index (Phi) is 13.2. The highest BCUT2D eigenvalue weighted by atomic mass is 32.2. The maximum atomic E-state index is 15.6. The molecule has 0 saturated heterocycles. The van der Waals surface area contributed by atoms with Crippen LogP contribution >= 0.6 is 70.6 Å². The lowest BCUT2D eigenvalue weighted by Crippen LogP contribution is -2.34. The third-order valence-electron chi connectivity index (χ3n) is 12.0. The van der Waals surface area contributed by atoms with E-state index in [4.69, 9.17) is 28.4 Å². The molecule has 3 aromatic carbocycles. The fraction of sp³-hybridized carbons (Fsp3) is 0.571. The quantitative estimate of drug-likeness (QED) is 0.0561. The second-order valence-corrected chi connectivity index (χ2v) is 30.5. The summed E-state index contributed by atoms with van der Waals surface area (Å²) < 4.78 is 40.6. The number of hydrogen-bond acceptors (Lipinski definition) is 22. The molecular formula is C49H58O16S6. The average Bonchev–Trinajstić information content (AvgIpc) is 4.05. The number of thioether (sulfide) groups is 6. The van der Waals surface area contributed by atoms with Crippen molar-refractivity contribution in [2.75, 3.05) is 19.8 Å². The second-order valence-electron chi connectivity index (χ2n) is 20.9. The monoisotopic (exact) mass is 1090 g/mol. The summed E-state index contributed by atoms with van der Waals surface area (Å²) in [6.07, 6.45) is -5.68. The predicted molar refractivity (Wildman–Crippen MR) is 271 cm³/mol. The van der Waals surface area contributed by atoms with Gasteiger partial charge in [-0.05, 0) is 83.1 Å². The molecule has 0 aliphatic carbocycles. The number of rotatable bonds is 15. The molecule has 0 radical (unpaired) electrons. The van der Waals surface area contributed by atoms with Gasteiger partial charge >= 0.3 is 0 Å². The molecule has 22 heteroatoms. The molecular weight excluding hydrogens is 1040 g/mol. The van der Waals surface area contributed by atoms with E-state index in [1.54, 1.807) is 0 Å². The molecule has 0 aromatic heterocycles. The van der Waals surface area contributed by atoms with Crippen LogP contribution in [0.3, 0.4) is 0 Å². The number of ether oxygens (including phenoxy) is 6. The fourth-order valence-electron chi connectivity index (χ4n) is 9.49. The molecule has 6 heterocycles. The maximum absolute atomic E-state index is 15.6. The molecule has 0 fully saturated rings. The van der Waals surface area contributed by atoms with Crippen LogP contribution in [0.5, 0.6) is 34.5 Å². The second kappa shape index (κ2) is 17.7. The van der Waals surface area contributed by atoms with Crippen LogP contribution in [-0.2, 0) is 5.60 Å². The van der Waals surface area contributed by atoms with E-state index in [2.05, 4.69) is 0 Å². The standard InChI is InChI=1S/C49H58O16S6/c1-43(2)60-31-25(22(56)13-19(53)16-50)32-38(67-44(3,4)61-32)28(37(31)66-43)49(59,29-39-33(62-45(5,6)68-39)26(23(57)14-20(54)17-51)34-40(29)69-46(7,8)63-34)30-41-35(64-47(9,10)70-41)27(24(58)15-21(55)18-52)36-42(30)71-48(11,12)65-36/h19-21,50-55,59H,13-18H2,1-12H3. The van der Waals surface area contributed by atoms with E-state index in [9.17, 15) is 45.0 Å². The van der Waals surface area contributed by atoms with E-state index in [0.29, 0.717) is 29.4 Å². The number of carbonyl (C=O) groups excluding carboxylic acids is 3. The van der Waals surface area contributed by atoms with E-state index < -0.39 is 110 Å². The molecule has 0 bridgehead atoms. The molecule has 7 N–H and O–H groups in total. The van der Waals surface area contributed by atoms with Gasteiger partial charge in [0.1, 0.15) is 56.8 Å². The summed E-state index contributed by atoms with van der Waals surface area (Å²) in [7, 11) is 0. The summed E-state index contributed by atoms with van der Waals surface area (Å²) >= 11 is 7.48. The van der Waals surface area contributed by atoms with Crippen LogP contribution in [0.1, 0.15) is 150 Å². The van der Waals surface area contributed by atoms with Gasteiger partial charge in [-0.25, -0.2) is 0 Å². The number of Topliss-reactive ketones (excluding diaryl/α,β-unsaturated/α-hetero) is 3. The van der Waals surface area contributed by atoms with E-state index in [1.807, 2.05) is 83.1 Å². The first kappa shape index (κ1) is 53.1. The molecule has 6 aliphatic heterocycles. The van der Waals surface area contributed by atoms with Crippen LogP contribution in [0.2, 0.25) is 0 Å². The van der Waals surface area contributed by atoms with E-state index in [1.165, 1.54) is 70.6 Å². The first-order chi connectivity index (χ1) is 32.8. The molecule has 9 rings (SSSR count). The zero-order chi connectivity index (χ0) is 52.1. The van der Waals surface area contributed by atoms with Gasteiger partial charge in [-0.15, -0.1) is 0 Å². The van der Waals surface area contributed by atoms with Gasteiger partial charge in [0.05, 0.1) is 67.5 Å². The van der Waals surface area contributed by atoms with Crippen molar-refractivity contribution in [3.63, 3.8) is 0 Å². The molecule has 3 aromatic rings. The van der Waals surface area contributed by atoms with Gasteiger partial charge in [-0.1, -0.05) is 70.6 Å². The highest BCUT2D eigenvalue weighted by Gasteiger charge is 2.60. The Morgan fingerprint density at radius 1 is 0.394 bits per heavy atom. The van der Waals surface area contributed by atoms with Crippen LogP contribution in [0.4, 0.5) is 0 Å². The van der Waals surface area contributed by atoms with Crippen LogP contribution in [0.15, 0.2) is 29.4 Å².